The van der Waals surface area contributed by atoms with E-state index in [9.17, 15) is 9.59 Å². The highest BCUT2D eigenvalue weighted by Gasteiger charge is 2.23. The number of ether oxygens (including phenoxy) is 1. The lowest BCUT2D eigenvalue weighted by Gasteiger charge is -2.13. The Morgan fingerprint density at radius 3 is 2.53 bits per heavy atom. The van der Waals surface area contributed by atoms with Crippen molar-refractivity contribution in [1.82, 2.24) is 19.7 Å². The fourth-order valence-corrected chi connectivity index (χ4v) is 4.14. The number of nitrogens with one attached hydrogen (secondary N) is 2. The van der Waals surface area contributed by atoms with E-state index in [0.717, 1.165) is 38.9 Å². The summed E-state index contributed by atoms with van der Waals surface area (Å²) in [5.41, 5.74) is 6.85. The maximum atomic E-state index is 12.8. The SMILES string of the molecule is C=CC(=O)Nc1cc(-c2c(-c3cnn(C(C)C)c3)[nH]c3ncc(C(=O)OC(C)C)c(C)c23)ccc1C. The van der Waals surface area contributed by atoms with Crippen molar-refractivity contribution in [2.75, 3.05) is 5.32 Å². The van der Waals surface area contributed by atoms with Crippen LogP contribution in [0.2, 0.25) is 0 Å². The molecule has 1 aromatic carbocycles. The van der Waals surface area contributed by atoms with E-state index in [1.54, 1.807) is 6.20 Å². The number of rotatable bonds is 7. The van der Waals surface area contributed by atoms with Crippen LogP contribution in [0.25, 0.3) is 33.4 Å². The smallest absolute Gasteiger partial charge is 0.340 e. The molecule has 0 aliphatic rings. The van der Waals surface area contributed by atoms with Gasteiger partial charge in [0.2, 0.25) is 5.91 Å². The molecular weight excluding hydrogens is 454 g/mol. The minimum absolute atomic E-state index is 0.198. The molecule has 0 aliphatic carbocycles. The summed E-state index contributed by atoms with van der Waals surface area (Å²) in [6, 6.07) is 6.07. The number of hydrogen-bond donors (Lipinski definition) is 2. The van der Waals surface area contributed by atoms with Gasteiger partial charge in [-0.15, -0.1) is 0 Å². The van der Waals surface area contributed by atoms with Gasteiger partial charge in [0.25, 0.3) is 0 Å². The Balaban J connectivity index is 2.00. The first-order valence-corrected chi connectivity index (χ1v) is 11.9. The fourth-order valence-electron chi connectivity index (χ4n) is 4.14. The molecular formula is C28H31N5O3. The van der Waals surface area contributed by atoms with E-state index in [2.05, 4.69) is 40.8 Å². The topological polar surface area (TPSA) is 102 Å². The third kappa shape index (κ3) is 4.66. The van der Waals surface area contributed by atoms with Crippen LogP contribution in [0.1, 0.15) is 55.2 Å². The molecule has 2 N–H and O–H groups in total. The molecule has 36 heavy (non-hydrogen) atoms. The summed E-state index contributed by atoms with van der Waals surface area (Å²) in [7, 11) is 0. The lowest BCUT2D eigenvalue weighted by molar-refractivity contribution is -0.111. The molecule has 0 aliphatic heterocycles. The molecule has 1 amide bonds. The summed E-state index contributed by atoms with van der Waals surface area (Å²) >= 11 is 0. The molecule has 0 bridgehead atoms. The molecule has 0 atom stereocenters. The van der Waals surface area contributed by atoms with Gasteiger partial charge in [-0.3, -0.25) is 9.48 Å². The zero-order valence-corrected chi connectivity index (χ0v) is 21.5. The first-order valence-electron chi connectivity index (χ1n) is 11.9. The monoisotopic (exact) mass is 485 g/mol. The molecule has 0 saturated heterocycles. The highest BCUT2D eigenvalue weighted by atomic mass is 16.5. The van der Waals surface area contributed by atoms with Crippen LogP contribution in [-0.4, -0.2) is 37.7 Å². The molecule has 186 valence electrons. The molecule has 8 nitrogen and oxygen atoms in total. The average Bonchev–Trinajstić information content (AvgIpc) is 3.45. The van der Waals surface area contributed by atoms with Gasteiger partial charge in [-0.1, -0.05) is 18.7 Å². The second-order valence-corrected chi connectivity index (χ2v) is 9.38. The van der Waals surface area contributed by atoms with Crippen LogP contribution >= 0.6 is 0 Å². The largest absolute Gasteiger partial charge is 0.459 e. The number of carbonyl (C=O) groups is 2. The third-order valence-corrected chi connectivity index (χ3v) is 6.03. The number of carbonyl (C=O) groups excluding carboxylic acids is 2. The van der Waals surface area contributed by atoms with Gasteiger partial charge in [0, 0.05) is 40.6 Å². The second kappa shape index (κ2) is 9.81. The van der Waals surface area contributed by atoms with Crippen molar-refractivity contribution < 1.29 is 14.3 Å². The maximum absolute atomic E-state index is 12.8. The van der Waals surface area contributed by atoms with E-state index in [1.165, 1.54) is 6.08 Å². The van der Waals surface area contributed by atoms with Gasteiger partial charge in [0.05, 0.1) is 23.6 Å². The summed E-state index contributed by atoms with van der Waals surface area (Å²) in [6.07, 6.45) is 6.34. The first kappa shape index (κ1) is 24.9. The Labute approximate surface area is 210 Å². The molecule has 4 rings (SSSR count). The molecule has 3 heterocycles. The van der Waals surface area contributed by atoms with Crippen molar-refractivity contribution in [2.24, 2.45) is 0 Å². The predicted octanol–water partition coefficient (Wildman–Crippen LogP) is 5.98. The zero-order chi connectivity index (χ0) is 26.1. The number of hydrogen-bond acceptors (Lipinski definition) is 5. The lowest BCUT2D eigenvalue weighted by atomic mass is 9.95. The number of pyridine rings is 1. The van der Waals surface area contributed by atoms with Crippen LogP contribution in [0.3, 0.4) is 0 Å². The van der Waals surface area contributed by atoms with E-state index in [-0.39, 0.29) is 18.1 Å². The summed E-state index contributed by atoms with van der Waals surface area (Å²) in [5, 5.41) is 8.21. The summed E-state index contributed by atoms with van der Waals surface area (Å²) in [4.78, 5) is 32.9. The van der Waals surface area contributed by atoms with Gasteiger partial charge in [0.1, 0.15) is 5.65 Å². The van der Waals surface area contributed by atoms with E-state index in [1.807, 2.05) is 63.0 Å². The highest BCUT2D eigenvalue weighted by Crippen LogP contribution is 2.41. The molecule has 0 unspecified atom stereocenters. The number of anilines is 1. The normalized spacial score (nSPS) is 11.3. The van der Waals surface area contributed by atoms with Crippen LogP contribution in [0.4, 0.5) is 5.69 Å². The molecule has 0 saturated carbocycles. The van der Waals surface area contributed by atoms with Gasteiger partial charge in [-0.25, -0.2) is 9.78 Å². The third-order valence-electron chi connectivity index (χ3n) is 6.03. The summed E-state index contributed by atoms with van der Waals surface area (Å²) in [6.45, 7) is 15.1. The number of nitrogens with zero attached hydrogens (tertiary/aromatic N) is 3. The van der Waals surface area contributed by atoms with Gasteiger partial charge < -0.3 is 15.0 Å². The highest BCUT2D eigenvalue weighted by molar-refractivity contribution is 6.08. The van der Waals surface area contributed by atoms with Crippen LogP contribution < -0.4 is 5.32 Å². The molecule has 0 fully saturated rings. The van der Waals surface area contributed by atoms with E-state index < -0.39 is 5.97 Å². The minimum atomic E-state index is -0.416. The van der Waals surface area contributed by atoms with Crippen LogP contribution in [0, 0.1) is 13.8 Å². The van der Waals surface area contributed by atoms with E-state index in [4.69, 9.17) is 4.74 Å². The van der Waals surface area contributed by atoms with Gasteiger partial charge >= 0.3 is 5.97 Å². The number of H-pyrrole nitrogens is 1. The number of esters is 1. The van der Waals surface area contributed by atoms with Gasteiger partial charge in [-0.05, 0) is 70.4 Å². The Kier molecular flexibility index (Phi) is 6.79. The van der Waals surface area contributed by atoms with Crippen molar-refractivity contribution in [3.8, 4) is 22.4 Å². The number of aryl methyl sites for hydroxylation is 2. The van der Waals surface area contributed by atoms with Crippen LogP contribution in [0.5, 0.6) is 0 Å². The van der Waals surface area contributed by atoms with Gasteiger partial charge in [-0.2, -0.15) is 5.10 Å². The Bertz CT molecular complexity index is 1480. The van der Waals surface area contributed by atoms with E-state index in [0.29, 0.717) is 16.9 Å². The van der Waals surface area contributed by atoms with Crippen molar-refractivity contribution in [1.29, 1.82) is 0 Å². The molecule has 0 radical (unpaired) electrons. The van der Waals surface area contributed by atoms with Crippen LogP contribution in [-0.2, 0) is 9.53 Å². The molecule has 3 aromatic heterocycles. The molecule has 8 heteroatoms. The number of aromatic amines is 1. The number of fused-ring (bicyclic) bond motifs is 1. The first-order chi connectivity index (χ1) is 17.1. The lowest BCUT2D eigenvalue weighted by Crippen LogP contribution is -2.13. The van der Waals surface area contributed by atoms with Crippen molar-refractivity contribution >= 4 is 28.6 Å². The Hall–Kier alpha value is -4.20. The standard InChI is InChI=1S/C28H31N5O3/c1-8-23(34)31-22-11-19(10-9-17(22)6)25-24-18(7)21(28(35)36-16(4)5)13-29-27(24)32-26(25)20-12-30-33(14-20)15(2)3/h8-16H,1H2,2-7H3,(H,29,32)(H,31,34). The Morgan fingerprint density at radius 2 is 1.89 bits per heavy atom. The predicted molar refractivity (Wildman–Crippen MR) is 142 cm³/mol. The fraction of sp³-hybridized carbons (Fsp3) is 0.286. The van der Waals surface area contributed by atoms with Crippen LogP contribution in [0.15, 0.2) is 49.4 Å². The van der Waals surface area contributed by atoms with Crippen molar-refractivity contribution in [3.05, 3.63) is 66.1 Å². The zero-order valence-electron chi connectivity index (χ0n) is 21.5. The quantitative estimate of drug-likeness (QED) is 0.248. The summed E-state index contributed by atoms with van der Waals surface area (Å²) < 4.78 is 7.35. The van der Waals surface area contributed by atoms with E-state index >= 15 is 0 Å². The summed E-state index contributed by atoms with van der Waals surface area (Å²) in [5.74, 6) is -0.703. The average molecular weight is 486 g/mol. The Morgan fingerprint density at radius 1 is 1.14 bits per heavy atom. The van der Waals surface area contributed by atoms with Crippen molar-refractivity contribution in [2.45, 2.75) is 53.7 Å². The van der Waals surface area contributed by atoms with Gasteiger partial charge in [0.15, 0.2) is 0 Å². The number of aromatic nitrogens is 4. The second-order valence-electron chi connectivity index (χ2n) is 9.38. The number of amides is 1. The van der Waals surface area contributed by atoms with Crippen molar-refractivity contribution in [3.63, 3.8) is 0 Å². The minimum Gasteiger partial charge on any atom is -0.459 e. The number of benzene rings is 1. The molecule has 0 spiro atoms. The maximum Gasteiger partial charge on any atom is 0.340 e. The molecule has 4 aromatic rings.